The molecule has 3 heteroatoms. The average Bonchev–Trinajstić information content (AvgIpc) is 2.38. The second-order valence-corrected chi connectivity index (χ2v) is 6.86. The Morgan fingerprint density at radius 3 is 1.58 bits per heavy atom. The van der Waals surface area contributed by atoms with Crippen LogP contribution in [0.4, 0.5) is 0 Å². The topological polar surface area (TPSA) is 37.3 Å². The molecule has 0 aliphatic rings. The molecule has 0 atom stereocenters. The standard InChI is InChI=1S/C16H17O2P/c1-12-3-7-14(8-4-12)19(11-16(17)18)15-9-5-13(2)6-10-15/h3-10H,11H2,1-2H3,(H,17,18). The molecule has 0 saturated heterocycles. The van der Waals surface area contributed by atoms with Gasteiger partial charge < -0.3 is 5.11 Å². The zero-order valence-electron chi connectivity index (χ0n) is 11.1. The zero-order valence-corrected chi connectivity index (χ0v) is 12.0. The normalized spacial score (nSPS) is 10.7. The van der Waals surface area contributed by atoms with E-state index in [4.69, 9.17) is 5.11 Å². The first-order valence-corrected chi connectivity index (χ1v) is 7.71. The number of hydrogen-bond donors (Lipinski definition) is 1. The molecular weight excluding hydrogens is 255 g/mol. The molecule has 0 heterocycles. The second kappa shape index (κ2) is 5.99. The Labute approximate surface area is 114 Å². The Hall–Kier alpha value is -1.66. The van der Waals surface area contributed by atoms with E-state index in [0.29, 0.717) is 0 Å². The average molecular weight is 272 g/mol. The van der Waals surface area contributed by atoms with Crippen LogP contribution in [0.5, 0.6) is 0 Å². The van der Waals surface area contributed by atoms with E-state index in [2.05, 4.69) is 0 Å². The summed E-state index contributed by atoms with van der Waals surface area (Å²) in [6.45, 7) is 4.07. The summed E-state index contributed by atoms with van der Waals surface area (Å²) in [7, 11) is -0.815. The molecule has 2 rings (SSSR count). The molecule has 0 aliphatic carbocycles. The number of carboxylic acids is 1. The molecule has 0 amide bonds. The van der Waals surface area contributed by atoms with E-state index in [9.17, 15) is 4.79 Å². The molecule has 2 nitrogen and oxygen atoms in total. The fourth-order valence-corrected chi connectivity index (χ4v) is 3.87. The van der Waals surface area contributed by atoms with Gasteiger partial charge in [0.1, 0.15) is 0 Å². The van der Waals surface area contributed by atoms with Crippen LogP contribution in [0.3, 0.4) is 0 Å². The summed E-state index contributed by atoms with van der Waals surface area (Å²) in [5.74, 6) is -0.743. The van der Waals surface area contributed by atoms with Gasteiger partial charge in [0.25, 0.3) is 0 Å². The van der Waals surface area contributed by atoms with E-state index in [1.807, 2.05) is 62.4 Å². The van der Waals surface area contributed by atoms with Crippen LogP contribution in [0, 0.1) is 13.8 Å². The summed E-state index contributed by atoms with van der Waals surface area (Å²) in [4.78, 5) is 11.1. The maximum Gasteiger partial charge on any atom is 0.308 e. The lowest BCUT2D eigenvalue weighted by Gasteiger charge is -2.17. The number of aryl methyl sites for hydroxylation is 2. The number of carbonyl (C=O) groups is 1. The minimum atomic E-state index is -0.815. The van der Waals surface area contributed by atoms with Gasteiger partial charge in [-0.2, -0.15) is 0 Å². The van der Waals surface area contributed by atoms with Gasteiger partial charge in [0.05, 0.1) is 6.16 Å². The van der Waals surface area contributed by atoms with Crippen molar-refractivity contribution < 1.29 is 9.90 Å². The van der Waals surface area contributed by atoms with Crippen molar-refractivity contribution in [2.24, 2.45) is 0 Å². The van der Waals surface area contributed by atoms with Gasteiger partial charge in [-0.15, -0.1) is 0 Å². The van der Waals surface area contributed by atoms with Crippen LogP contribution in [-0.2, 0) is 4.79 Å². The molecule has 98 valence electrons. The first-order valence-electron chi connectivity index (χ1n) is 6.19. The molecule has 1 N–H and O–H groups in total. The summed E-state index contributed by atoms with van der Waals surface area (Å²) < 4.78 is 0. The van der Waals surface area contributed by atoms with Crippen LogP contribution >= 0.6 is 7.92 Å². The molecule has 0 saturated carbocycles. The molecule has 0 aliphatic heterocycles. The van der Waals surface area contributed by atoms with Crippen LogP contribution in [0.25, 0.3) is 0 Å². The van der Waals surface area contributed by atoms with Crippen molar-refractivity contribution in [3.63, 3.8) is 0 Å². The van der Waals surface area contributed by atoms with E-state index < -0.39 is 13.9 Å². The Kier molecular flexibility index (Phi) is 4.34. The fourth-order valence-electron chi connectivity index (χ4n) is 1.92. The molecule has 0 fully saturated rings. The van der Waals surface area contributed by atoms with Crippen molar-refractivity contribution in [2.45, 2.75) is 13.8 Å². The summed E-state index contributed by atoms with van der Waals surface area (Å²) in [6, 6.07) is 16.4. The molecule has 2 aromatic carbocycles. The Balaban J connectivity index is 2.37. The lowest BCUT2D eigenvalue weighted by atomic mass is 10.2. The third-order valence-electron chi connectivity index (χ3n) is 2.98. The van der Waals surface area contributed by atoms with Crippen molar-refractivity contribution >= 4 is 24.5 Å². The first kappa shape index (κ1) is 13.8. The molecule has 0 bridgehead atoms. The highest BCUT2D eigenvalue weighted by atomic mass is 31.1. The number of carboxylic acid groups (broad SMARTS) is 1. The summed E-state index contributed by atoms with van der Waals surface area (Å²) in [5, 5.41) is 11.4. The van der Waals surface area contributed by atoms with Gasteiger partial charge in [0.2, 0.25) is 0 Å². The van der Waals surface area contributed by atoms with Gasteiger partial charge in [-0.25, -0.2) is 0 Å². The van der Waals surface area contributed by atoms with Crippen molar-refractivity contribution in [3.05, 3.63) is 59.7 Å². The number of benzene rings is 2. The van der Waals surface area contributed by atoms with Gasteiger partial charge in [0, 0.05) is 0 Å². The highest BCUT2D eigenvalue weighted by molar-refractivity contribution is 7.73. The van der Waals surface area contributed by atoms with E-state index >= 15 is 0 Å². The smallest absolute Gasteiger partial charge is 0.308 e. The second-order valence-electron chi connectivity index (χ2n) is 4.65. The zero-order chi connectivity index (χ0) is 13.8. The van der Waals surface area contributed by atoms with Crippen LogP contribution < -0.4 is 10.6 Å². The minimum Gasteiger partial charge on any atom is -0.481 e. The highest BCUT2D eigenvalue weighted by Crippen LogP contribution is 2.33. The van der Waals surface area contributed by atoms with Gasteiger partial charge in [-0.3, -0.25) is 4.79 Å². The highest BCUT2D eigenvalue weighted by Gasteiger charge is 2.17. The minimum absolute atomic E-state index is 0.182. The number of hydrogen-bond acceptors (Lipinski definition) is 1. The molecule has 2 aromatic rings. The quantitative estimate of drug-likeness (QED) is 0.869. The third kappa shape index (κ3) is 3.65. The maximum atomic E-state index is 11.1. The molecule has 19 heavy (non-hydrogen) atoms. The molecule has 0 aromatic heterocycles. The van der Waals surface area contributed by atoms with Crippen LogP contribution in [0.2, 0.25) is 0 Å². The van der Waals surface area contributed by atoms with E-state index in [0.717, 1.165) is 10.6 Å². The first-order chi connectivity index (χ1) is 9.06. The van der Waals surface area contributed by atoms with E-state index in [1.54, 1.807) is 0 Å². The molecule has 0 unspecified atom stereocenters. The van der Waals surface area contributed by atoms with Crippen molar-refractivity contribution in [1.82, 2.24) is 0 Å². The predicted molar refractivity (Wildman–Crippen MR) is 81.0 cm³/mol. The van der Waals surface area contributed by atoms with Gasteiger partial charge in [-0.1, -0.05) is 59.7 Å². The fraction of sp³-hybridized carbons (Fsp3) is 0.188. The summed E-state index contributed by atoms with van der Waals surface area (Å²) in [5.41, 5.74) is 2.39. The Bertz CT molecular complexity index is 513. The Morgan fingerprint density at radius 2 is 1.26 bits per heavy atom. The molecular formula is C16H17O2P. The van der Waals surface area contributed by atoms with Crippen molar-refractivity contribution in [1.29, 1.82) is 0 Å². The van der Waals surface area contributed by atoms with E-state index in [1.165, 1.54) is 11.1 Å². The number of rotatable bonds is 4. The van der Waals surface area contributed by atoms with E-state index in [-0.39, 0.29) is 6.16 Å². The summed E-state index contributed by atoms with van der Waals surface area (Å²) in [6.07, 6.45) is 0.182. The SMILES string of the molecule is Cc1ccc(P(CC(=O)O)c2ccc(C)cc2)cc1. The van der Waals surface area contributed by atoms with Gasteiger partial charge >= 0.3 is 5.97 Å². The third-order valence-corrected chi connectivity index (χ3v) is 5.41. The lowest BCUT2D eigenvalue weighted by molar-refractivity contribution is -0.134. The maximum absolute atomic E-state index is 11.1. The molecule has 0 radical (unpaired) electrons. The Morgan fingerprint density at radius 1 is 0.895 bits per heavy atom. The number of aliphatic carboxylic acids is 1. The molecule has 0 spiro atoms. The van der Waals surface area contributed by atoms with Crippen LogP contribution in [-0.4, -0.2) is 17.2 Å². The van der Waals surface area contributed by atoms with Gasteiger partial charge in [0.15, 0.2) is 0 Å². The van der Waals surface area contributed by atoms with Gasteiger partial charge in [-0.05, 0) is 32.4 Å². The van der Waals surface area contributed by atoms with Crippen molar-refractivity contribution in [2.75, 3.05) is 6.16 Å². The monoisotopic (exact) mass is 272 g/mol. The summed E-state index contributed by atoms with van der Waals surface area (Å²) >= 11 is 0. The predicted octanol–water partition coefficient (Wildman–Crippen LogP) is 2.82. The largest absolute Gasteiger partial charge is 0.481 e. The van der Waals surface area contributed by atoms with Crippen molar-refractivity contribution in [3.8, 4) is 0 Å². The van der Waals surface area contributed by atoms with Crippen LogP contribution in [0.15, 0.2) is 48.5 Å². The lowest BCUT2D eigenvalue weighted by Crippen LogP contribution is -2.18. The van der Waals surface area contributed by atoms with Crippen LogP contribution in [0.1, 0.15) is 11.1 Å².